The third-order valence-corrected chi connectivity index (χ3v) is 5.48. The Hall–Kier alpha value is -4.72. The van der Waals surface area contributed by atoms with Gasteiger partial charge in [-0.3, -0.25) is 24.6 Å². The summed E-state index contributed by atoms with van der Waals surface area (Å²) in [5, 5.41) is 16.1. The Morgan fingerprint density at radius 2 is 1.64 bits per heavy atom. The molecule has 2 amide bonds. The molecular formula is C25H17N3O5. The molecule has 1 aliphatic heterocycles. The standard InChI is InChI=1S/C25H17N3O5/c29-24-22(17-10-12-18(13-11-17)28(31)32)23(25(30)27(24)15-19-7-4-14-33-19)26-21-9-3-6-16-5-1-2-8-20(16)21/h1-14,26H,15H2. The summed E-state index contributed by atoms with van der Waals surface area (Å²) in [6.07, 6.45) is 1.47. The van der Waals surface area contributed by atoms with Crippen molar-refractivity contribution >= 4 is 39.5 Å². The number of anilines is 1. The van der Waals surface area contributed by atoms with Crippen LogP contribution in [0.5, 0.6) is 0 Å². The number of nitro groups is 1. The SMILES string of the molecule is O=C1C(Nc2cccc3ccccc23)=C(c2ccc([N+](=O)[O-])cc2)C(=O)N1Cc1ccco1. The summed E-state index contributed by atoms with van der Waals surface area (Å²) in [6, 6.07) is 22.3. The zero-order valence-corrected chi connectivity index (χ0v) is 17.2. The zero-order chi connectivity index (χ0) is 22.9. The van der Waals surface area contributed by atoms with E-state index in [4.69, 9.17) is 4.42 Å². The van der Waals surface area contributed by atoms with Crippen LogP contribution in [0.1, 0.15) is 11.3 Å². The molecular weight excluding hydrogens is 422 g/mol. The predicted octanol–water partition coefficient (Wildman–Crippen LogP) is 4.73. The third-order valence-electron chi connectivity index (χ3n) is 5.48. The van der Waals surface area contributed by atoms with Crippen LogP contribution in [0.25, 0.3) is 16.3 Å². The van der Waals surface area contributed by atoms with Gasteiger partial charge in [-0.15, -0.1) is 0 Å². The highest BCUT2D eigenvalue weighted by Crippen LogP contribution is 2.34. The second-order valence-electron chi connectivity index (χ2n) is 7.48. The fraction of sp³-hybridized carbons (Fsp3) is 0.0400. The number of carbonyl (C=O) groups is 2. The Morgan fingerprint density at radius 3 is 2.36 bits per heavy atom. The average Bonchev–Trinajstić information content (AvgIpc) is 3.42. The van der Waals surface area contributed by atoms with Gasteiger partial charge in [0.1, 0.15) is 11.5 Å². The lowest BCUT2D eigenvalue weighted by Gasteiger charge is -2.14. The predicted molar refractivity (Wildman–Crippen MR) is 122 cm³/mol. The number of hydrogen-bond acceptors (Lipinski definition) is 6. The van der Waals surface area contributed by atoms with E-state index in [0.717, 1.165) is 15.7 Å². The minimum absolute atomic E-state index is 0.0259. The molecule has 1 aromatic heterocycles. The van der Waals surface area contributed by atoms with Gasteiger partial charge in [-0.25, -0.2) is 0 Å². The van der Waals surface area contributed by atoms with Crippen LogP contribution in [0, 0.1) is 10.1 Å². The second kappa shape index (κ2) is 8.08. The van der Waals surface area contributed by atoms with Crippen molar-refractivity contribution in [2.75, 3.05) is 5.32 Å². The van der Waals surface area contributed by atoms with Crippen molar-refractivity contribution < 1.29 is 18.9 Å². The monoisotopic (exact) mass is 439 g/mol. The van der Waals surface area contributed by atoms with E-state index in [9.17, 15) is 19.7 Å². The van der Waals surface area contributed by atoms with Gasteiger partial charge in [-0.2, -0.15) is 0 Å². The van der Waals surface area contributed by atoms with E-state index in [2.05, 4.69) is 5.32 Å². The molecule has 0 saturated heterocycles. The number of nitrogens with zero attached hydrogens (tertiary/aromatic N) is 2. The molecule has 1 aliphatic rings. The van der Waals surface area contributed by atoms with Crippen LogP contribution in [0.4, 0.5) is 11.4 Å². The number of nitro benzene ring substituents is 1. The zero-order valence-electron chi connectivity index (χ0n) is 17.2. The molecule has 2 heterocycles. The number of benzene rings is 3. The first-order valence-electron chi connectivity index (χ1n) is 10.2. The number of imide groups is 1. The van der Waals surface area contributed by atoms with Gasteiger partial charge >= 0.3 is 0 Å². The van der Waals surface area contributed by atoms with E-state index in [1.54, 1.807) is 12.1 Å². The maximum absolute atomic E-state index is 13.4. The number of fused-ring (bicyclic) bond motifs is 1. The van der Waals surface area contributed by atoms with Crippen LogP contribution < -0.4 is 5.32 Å². The summed E-state index contributed by atoms with van der Waals surface area (Å²) in [7, 11) is 0. The van der Waals surface area contributed by atoms with Crippen molar-refractivity contribution in [3.63, 3.8) is 0 Å². The molecule has 0 radical (unpaired) electrons. The largest absolute Gasteiger partial charge is 0.467 e. The number of non-ortho nitro benzene ring substituents is 1. The van der Waals surface area contributed by atoms with Crippen LogP contribution in [0.15, 0.2) is 95.2 Å². The number of rotatable bonds is 6. The van der Waals surface area contributed by atoms with E-state index in [0.29, 0.717) is 17.0 Å². The molecule has 0 spiro atoms. The van der Waals surface area contributed by atoms with Crippen LogP contribution in [-0.2, 0) is 16.1 Å². The summed E-state index contributed by atoms with van der Waals surface area (Å²) < 4.78 is 5.33. The summed E-state index contributed by atoms with van der Waals surface area (Å²) in [5.41, 5.74) is 1.23. The van der Waals surface area contributed by atoms with Gasteiger partial charge in [0.15, 0.2) is 0 Å². The van der Waals surface area contributed by atoms with E-state index in [1.165, 1.54) is 30.5 Å². The third kappa shape index (κ3) is 3.63. The van der Waals surface area contributed by atoms with E-state index in [1.807, 2.05) is 42.5 Å². The Kier molecular flexibility index (Phi) is 4.95. The van der Waals surface area contributed by atoms with Crippen LogP contribution in [-0.4, -0.2) is 21.6 Å². The second-order valence-corrected chi connectivity index (χ2v) is 7.48. The van der Waals surface area contributed by atoms with Crippen molar-refractivity contribution in [3.05, 3.63) is 112 Å². The highest BCUT2D eigenvalue weighted by atomic mass is 16.6. The summed E-state index contributed by atoms with van der Waals surface area (Å²) in [4.78, 5) is 38.4. The highest BCUT2D eigenvalue weighted by Gasteiger charge is 2.39. The molecule has 0 fully saturated rings. The normalized spacial score (nSPS) is 13.8. The maximum Gasteiger partial charge on any atom is 0.278 e. The highest BCUT2D eigenvalue weighted by molar-refractivity contribution is 6.36. The molecule has 5 rings (SSSR count). The van der Waals surface area contributed by atoms with E-state index >= 15 is 0 Å². The summed E-state index contributed by atoms with van der Waals surface area (Å²) in [5.74, 6) is -0.545. The minimum atomic E-state index is -0.516. The molecule has 0 unspecified atom stereocenters. The van der Waals surface area contributed by atoms with E-state index < -0.39 is 16.7 Å². The van der Waals surface area contributed by atoms with Crippen LogP contribution in [0.2, 0.25) is 0 Å². The Bertz CT molecular complexity index is 1420. The molecule has 0 aliphatic carbocycles. The lowest BCUT2D eigenvalue weighted by Crippen LogP contribution is -2.31. The Morgan fingerprint density at radius 1 is 0.879 bits per heavy atom. The van der Waals surface area contributed by atoms with Gasteiger partial charge in [0.25, 0.3) is 17.5 Å². The molecule has 0 bridgehead atoms. The van der Waals surface area contributed by atoms with Crippen molar-refractivity contribution in [1.82, 2.24) is 4.90 Å². The first-order chi connectivity index (χ1) is 16.0. The van der Waals surface area contributed by atoms with Gasteiger partial charge in [0.2, 0.25) is 0 Å². The van der Waals surface area contributed by atoms with Crippen molar-refractivity contribution in [2.45, 2.75) is 6.54 Å². The van der Waals surface area contributed by atoms with Gasteiger partial charge in [-0.1, -0.05) is 36.4 Å². The molecule has 162 valence electrons. The number of furan rings is 1. The summed E-state index contributed by atoms with van der Waals surface area (Å²) in [6.45, 7) is -0.0259. The Labute approximate surface area is 187 Å². The van der Waals surface area contributed by atoms with Crippen molar-refractivity contribution in [3.8, 4) is 0 Å². The van der Waals surface area contributed by atoms with Gasteiger partial charge in [0.05, 0.1) is 23.3 Å². The molecule has 8 nitrogen and oxygen atoms in total. The first-order valence-corrected chi connectivity index (χ1v) is 10.2. The molecule has 0 atom stereocenters. The van der Waals surface area contributed by atoms with Crippen LogP contribution >= 0.6 is 0 Å². The fourth-order valence-corrected chi connectivity index (χ4v) is 3.88. The number of carbonyl (C=O) groups excluding carboxylic acids is 2. The fourth-order valence-electron chi connectivity index (χ4n) is 3.88. The quantitative estimate of drug-likeness (QED) is 0.264. The minimum Gasteiger partial charge on any atom is -0.467 e. The molecule has 0 saturated carbocycles. The van der Waals surface area contributed by atoms with Gasteiger partial charge in [-0.05, 0) is 41.3 Å². The molecule has 3 aromatic carbocycles. The van der Waals surface area contributed by atoms with Gasteiger partial charge in [0, 0.05) is 23.2 Å². The Balaban J connectivity index is 1.60. The lowest BCUT2D eigenvalue weighted by molar-refractivity contribution is -0.384. The maximum atomic E-state index is 13.4. The van der Waals surface area contributed by atoms with Gasteiger partial charge < -0.3 is 9.73 Å². The number of hydrogen-bond donors (Lipinski definition) is 1. The summed E-state index contributed by atoms with van der Waals surface area (Å²) >= 11 is 0. The lowest BCUT2D eigenvalue weighted by atomic mass is 10.0. The molecule has 8 heteroatoms. The van der Waals surface area contributed by atoms with Crippen molar-refractivity contribution in [2.24, 2.45) is 0 Å². The first kappa shape index (κ1) is 20.2. The molecule has 1 N–H and O–H groups in total. The van der Waals surface area contributed by atoms with E-state index in [-0.39, 0.29) is 23.5 Å². The number of nitrogens with one attached hydrogen (secondary N) is 1. The molecule has 33 heavy (non-hydrogen) atoms. The molecule has 4 aromatic rings. The average molecular weight is 439 g/mol. The smallest absolute Gasteiger partial charge is 0.278 e. The number of amides is 2. The van der Waals surface area contributed by atoms with Crippen LogP contribution in [0.3, 0.4) is 0 Å². The van der Waals surface area contributed by atoms with Crippen molar-refractivity contribution in [1.29, 1.82) is 0 Å². The topological polar surface area (TPSA) is 106 Å².